The molecule has 1 saturated carbocycles. The minimum Gasteiger partial charge on any atom is -0.457 e. The summed E-state index contributed by atoms with van der Waals surface area (Å²) in [6, 6.07) is 17.2. The van der Waals surface area contributed by atoms with Crippen molar-refractivity contribution < 1.29 is 14.3 Å². The summed E-state index contributed by atoms with van der Waals surface area (Å²) in [4.78, 5) is 23.2. The fraction of sp³-hybridized carbons (Fsp3) is 0.222. The standard InChI is InChI=1S/C18H16O3/c19-15-9-14(10-16(20)12-15)13-5-4-8-18(11-13)21-17-6-2-1-3-7-17/h1-8,11,14H,9-10,12H2. The molecule has 0 saturated heterocycles. The molecule has 3 rings (SSSR count). The molecule has 3 nitrogen and oxygen atoms in total. The smallest absolute Gasteiger partial charge is 0.140 e. The molecular weight excluding hydrogens is 264 g/mol. The second kappa shape index (κ2) is 5.92. The van der Waals surface area contributed by atoms with Crippen LogP contribution >= 0.6 is 0 Å². The van der Waals surface area contributed by atoms with E-state index in [2.05, 4.69) is 0 Å². The molecule has 0 spiro atoms. The molecule has 0 N–H and O–H groups in total. The Morgan fingerprint density at radius 2 is 1.48 bits per heavy atom. The van der Waals surface area contributed by atoms with E-state index >= 15 is 0 Å². The van der Waals surface area contributed by atoms with E-state index in [0.29, 0.717) is 12.8 Å². The Hall–Kier alpha value is -2.42. The summed E-state index contributed by atoms with van der Waals surface area (Å²) in [7, 11) is 0. The first kappa shape index (κ1) is 13.6. The Bertz CT molecular complexity index is 645. The van der Waals surface area contributed by atoms with Crippen LogP contribution in [0.2, 0.25) is 0 Å². The number of ketones is 2. The van der Waals surface area contributed by atoms with Crippen LogP contribution in [0.4, 0.5) is 0 Å². The van der Waals surface area contributed by atoms with Crippen molar-refractivity contribution in [1.29, 1.82) is 0 Å². The molecule has 21 heavy (non-hydrogen) atoms. The van der Waals surface area contributed by atoms with E-state index < -0.39 is 0 Å². The van der Waals surface area contributed by atoms with Gasteiger partial charge in [-0.05, 0) is 35.7 Å². The Morgan fingerprint density at radius 1 is 0.810 bits per heavy atom. The SMILES string of the molecule is O=C1CC(=O)CC(c2cccc(Oc3ccccc3)c2)C1. The van der Waals surface area contributed by atoms with E-state index in [-0.39, 0.29) is 23.9 Å². The molecular formula is C18H16O3. The van der Waals surface area contributed by atoms with Crippen LogP contribution in [0.15, 0.2) is 54.6 Å². The van der Waals surface area contributed by atoms with Crippen molar-refractivity contribution in [3.05, 3.63) is 60.2 Å². The number of hydrogen-bond acceptors (Lipinski definition) is 3. The fourth-order valence-corrected chi connectivity index (χ4v) is 2.68. The molecule has 1 fully saturated rings. The zero-order chi connectivity index (χ0) is 14.7. The number of Topliss-reactive ketones (excluding diaryl/α,β-unsaturated/α-hetero) is 2. The highest BCUT2D eigenvalue weighted by atomic mass is 16.5. The topological polar surface area (TPSA) is 43.4 Å². The third-order valence-electron chi connectivity index (χ3n) is 3.65. The summed E-state index contributed by atoms with van der Waals surface area (Å²) in [5.74, 6) is 1.55. The summed E-state index contributed by atoms with van der Waals surface area (Å²) in [6.07, 6.45) is 0.984. The van der Waals surface area contributed by atoms with E-state index in [4.69, 9.17) is 4.74 Å². The first-order valence-corrected chi connectivity index (χ1v) is 7.07. The Morgan fingerprint density at radius 3 is 2.19 bits per heavy atom. The second-order valence-corrected chi connectivity index (χ2v) is 5.35. The van der Waals surface area contributed by atoms with Crippen molar-refractivity contribution in [3.8, 4) is 11.5 Å². The van der Waals surface area contributed by atoms with Gasteiger partial charge < -0.3 is 4.74 Å². The van der Waals surface area contributed by atoms with Gasteiger partial charge in [0, 0.05) is 12.8 Å². The maximum atomic E-state index is 11.6. The highest BCUT2D eigenvalue weighted by Gasteiger charge is 2.26. The normalized spacial score (nSPS) is 16.0. The molecule has 0 aliphatic heterocycles. The molecule has 2 aromatic carbocycles. The maximum Gasteiger partial charge on any atom is 0.140 e. The molecule has 0 atom stereocenters. The molecule has 1 aliphatic rings. The lowest BCUT2D eigenvalue weighted by Crippen LogP contribution is -2.21. The van der Waals surface area contributed by atoms with Gasteiger partial charge in [-0.25, -0.2) is 0 Å². The van der Waals surface area contributed by atoms with E-state index in [0.717, 1.165) is 17.1 Å². The Balaban J connectivity index is 1.80. The molecule has 0 bridgehead atoms. The number of ether oxygens (including phenoxy) is 1. The van der Waals surface area contributed by atoms with Gasteiger partial charge in [-0.1, -0.05) is 30.3 Å². The van der Waals surface area contributed by atoms with Gasteiger partial charge in [0.05, 0.1) is 6.42 Å². The maximum absolute atomic E-state index is 11.6. The van der Waals surface area contributed by atoms with Gasteiger partial charge in [0.2, 0.25) is 0 Å². The van der Waals surface area contributed by atoms with Crippen LogP contribution in [0.3, 0.4) is 0 Å². The fourth-order valence-electron chi connectivity index (χ4n) is 2.68. The number of carbonyl (C=O) groups excluding carboxylic acids is 2. The summed E-state index contributed by atoms with van der Waals surface area (Å²) in [5, 5.41) is 0. The van der Waals surface area contributed by atoms with Gasteiger partial charge >= 0.3 is 0 Å². The first-order valence-electron chi connectivity index (χ1n) is 7.07. The van der Waals surface area contributed by atoms with Crippen LogP contribution in [-0.2, 0) is 9.59 Å². The zero-order valence-electron chi connectivity index (χ0n) is 11.6. The van der Waals surface area contributed by atoms with Gasteiger partial charge in [-0.3, -0.25) is 9.59 Å². The lowest BCUT2D eigenvalue weighted by atomic mass is 9.82. The van der Waals surface area contributed by atoms with E-state index in [1.807, 2.05) is 54.6 Å². The zero-order valence-corrected chi connectivity index (χ0v) is 11.6. The summed E-state index contributed by atoms with van der Waals surface area (Å²) in [6.45, 7) is 0. The Labute approximate surface area is 123 Å². The van der Waals surface area contributed by atoms with E-state index in [9.17, 15) is 9.59 Å². The first-order chi connectivity index (χ1) is 10.2. The highest BCUT2D eigenvalue weighted by molar-refractivity contribution is 6.02. The third kappa shape index (κ3) is 3.37. The van der Waals surface area contributed by atoms with Crippen molar-refractivity contribution in [2.45, 2.75) is 25.2 Å². The van der Waals surface area contributed by atoms with Gasteiger partial charge in [0.25, 0.3) is 0 Å². The molecule has 3 heteroatoms. The monoisotopic (exact) mass is 280 g/mol. The predicted octanol–water partition coefficient (Wildman–Crippen LogP) is 3.88. The lowest BCUT2D eigenvalue weighted by molar-refractivity contribution is -0.130. The molecule has 106 valence electrons. The molecule has 0 radical (unpaired) electrons. The van der Waals surface area contributed by atoms with Gasteiger partial charge in [-0.2, -0.15) is 0 Å². The van der Waals surface area contributed by atoms with Crippen LogP contribution in [-0.4, -0.2) is 11.6 Å². The van der Waals surface area contributed by atoms with Gasteiger partial charge in [0.15, 0.2) is 0 Å². The van der Waals surface area contributed by atoms with Crippen LogP contribution in [0.25, 0.3) is 0 Å². The van der Waals surface area contributed by atoms with Crippen molar-refractivity contribution in [2.75, 3.05) is 0 Å². The quantitative estimate of drug-likeness (QED) is 0.801. The Kier molecular flexibility index (Phi) is 3.82. The lowest BCUT2D eigenvalue weighted by Gasteiger charge is -2.20. The number of benzene rings is 2. The van der Waals surface area contributed by atoms with Crippen molar-refractivity contribution >= 4 is 11.6 Å². The molecule has 0 amide bonds. The molecule has 0 aromatic heterocycles. The van der Waals surface area contributed by atoms with Crippen LogP contribution in [0, 0.1) is 0 Å². The molecule has 2 aromatic rings. The van der Waals surface area contributed by atoms with Crippen molar-refractivity contribution in [3.63, 3.8) is 0 Å². The minimum absolute atomic E-state index is 0.0157. The average Bonchev–Trinajstić information content (AvgIpc) is 2.47. The predicted molar refractivity (Wildman–Crippen MR) is 79.6 cm³/mol. The molecule has 0 unspecified atom stereocenters. The summed E-state index contributed by atoms with van der Waals surface area (Å²) < 4.78 is 5.79. The number of rotatable bonds is 3. The average molecular weight is 280 g/mol. The third-order valence-corrected chi connectivity index (χ3v) is 3.65. The second-order valence-electron chi connectivity index (χ2n) is 5.35. The molecule has 0 heterocycles. The van der Waals surface area contributed by atoms with E-state index in [1.165, 1.54) is 0 Å². The van der Waals surface area contributed by atoms with Crippen molar-refractivity contribution in [2.24, 2.45) is 0 Å². The van der Waals surface area contributed by atoms with Gasteiger partial charge in [-0.15, -0.1) is 0 Å². The number of para-hydroxylation sites is 1. The molecule has 1 aliphatic carbocycles. The largest absolute Gasteiger partial charge is 0.457 e. The number of carbonyl (C=O) groups is 2. The van der Waals surface area contributed by atoms with Gasteiger partial charge in [0.1, 0.15) is 23.1 Å². The van der Waals surface area contributed by atoms with Crippen molar-refractivity contribution in [1.82, 2.24) is 0 Å². The summed E-state index contributed by atoms with van der Waals surface area (Å²) >= 11 is 0. The van der Waals surface area contributed by atoms with Crippen LogP contribution in [0.5, 0.6) is 11.5 Å². The minimum atomic E-state index is -0.0157. The van der Waals surface area contributed by atoms with Crippen LogP contribution < -0.4 is 4.74 Å². The number of hydrogen-bond donors (Lipinski definition) is 0. The summed E-state index contributed by atoms with van der Waals surface area (Å²) in [5.41, 5.74) is 0.991. The highest BCUT2D eigenvalue weighted by Crippen LogP contribution is 2.32. The van der Waals surface area contributed by atoms with E-state index in [1.54, 1.807) is 0 Å². The van der Waals surface area contributed by atoms with Crippen LogP contribution in [0.1, 0.15) is 30.7 Å².